The lowest BCUT2D eigenvalue weighted by atomic mass is 10.0. The Bertz CT molecular complexity index is 223. The minimum absolute atomic E-state index is 0.490. The zero-order valence-corrected chi connectivity index (χ0v) is 8.37. The van der Waals surface area contributed by atoms with E-state index in [0.717, 1.165) is 13.1 Å². The van der Waals surface area contributed by atoms with Crippen LogP contribution < -0.4 is 0 Å². The molecular weight excluding hydrogens is 180 g/mol. The van der Waals surface area contributed by atoms with E-state index in [9.17, 15) is 5.26 Å². The first kappa shape index (κ1) is 9.91. The second-order valence-electron chi connectivity index (χ2n) is 3.94. The van der Waals surface area contributed by atoms with Crippen molar-refractivity contribution in [3.63, 3.8) is 0 Å². The third-order valence-electron chi connectivity index (χ3n) is 2.97. The second-order valence-corrected chi connectivity index (χ2v) is 3.94. The van der Waals surface area contributed by atoms with Gasteiger partial charge in [0.2, 0.25) is 0 Å². The molecule has 0 aromatic heterocycles. The van der Waals surface area contributed by atoms with Crippen LogP contribution in [0.15, 0.2) is 0 Å². The molecule has 14 heavy (non-hydrogen) atoms. The normalized spacial score (nSPS) is 28.2. The summed E-state index contributed by atoms with van der Waals surface area (Å²) >= 11 is 0. The zero-order valence-electron chi connectivity index (χ0n) is 8.37. The van der Waals surface area contributed by atoms with E-state index in [4.69, 9.17) is 9.47 Å². The van der Waals surface area contributed by atoms with Crippen molar-refractivity contribution in [1.82, 2.24) is 4.90 Å². The van der Waals surface area contributed by atoms with Crippen LogP contribution in [0, 0.1) is 11.3 Å². The third-order valence-corrected chi connectivity index (χ3v) is 2.97. The molecule has 2 rings (SSSR count). The number of hydrogen-bond acceptors (Lipinski definition) is 4. The van der Waals surface area contributed by atoms with Crippen LogP contribution in [0.2, 0.25) is 0 Å². The summed E-state index contributed by atoms with van der Waals surface area (Å²) in [6, 6.07) is 2.38. The molecule has 2 heterocycles. The van der Waals surface area contributed by atoms with E-state index in [-0.39, 0.29) is 0 Å². The Hall–Kier alpha value is -0.630. The molecule has 0 bridgehead atoms. The fourth-order valence-corrected chi connectivity index (χ4v) is 2.10. The SMILES string of the molecule is N#CC1(N2CCCC2)COCCOC1. The van der Waals surface area contributed by atoms with Gasteiger partial charge < -0.3 is 9.47 Å². The molecule has 4 heteroatoms. The maximum atomic E-state index is 9.28. The molecular formula is C10H16N2O2. The van der Waals surface area contributed by atoms with E-state index in [1.807, 2.05) is 0 Å². The summed E-state index contributed by atoms with van der Waals surface area (Å²) in [7, 11) is 0. The Kier molecular flexibility index (Phi) is 3.02. The summed E-state index contributed by atoms with van der Waals surface area (Å²) in [5.74, 6) is 0. The third kappa shape index (κ3) is 1.76. The average Bonchev–Trinajstić information content (AvgIpc) is 2.64. The van der Waals surface area contributed by atoms with Crippen molar-refractivity contribution < 1.29 is 9.47 Å². The van der Waals surface area contributed by atoms with Crippen molar-refractivity contribution in [2.75, 3.05) is 39.5 Å². The van der Waals surface area contributed by atoms with Crippen molar-refractivity contribution in [2.24, 2.45) is 0 Å². The summed E-state index contributed by atoms with van der Waals surface area (Å²) in [6.45, 7) is 4.20. The van der Waals surface area contributed by atoms with Crippen LogP contribution in [0.5, 0.6) is 0 Å². The first-order valence-corrected chi connectivity index (χ1v) is 5.19. The lowest BCUT2D eigenvalue weighted by Crippen LogP contribution is -2.52. The predicted octanol–water partition coefficient (Wildman–Crippen LogP) is 0.391. The van der Waals surface area contributed by atoms with E-state index in [0.29, 0.717) is 26.4 Å². The van der Waals surface area contributed by atoms with Gasteiger partial charge in [-0.1, -0.05) is 0 Å². The maximum Gasteiger partial charge on any atom is 0.156 e. The van der Waals surface area contributed by atoms with Crippen LogP contribution in [-0.2, 0) is 9.47 Å². The topological polar surface area (TPSA) is 45.5 Å². The van der Waals surface area contributed by atoms with E-state index in [2.05, 4.69) is 11.0 Å². The van der Waals surface area contributed by atoms with Gasteiger partial charge in [-0.25, -0.2) is 0 Å². The zero-order chi connectivity index (χ0) is 9.86. The van der Waals surface area contributed by atoms with Gasteiger partial charge in [0.05, 0.1) is 32.5 Å². The van der Waals surface area contributed by atoms with Crippen molar-refractivity contribution in [1.29, 1.82) is 5.26 Å². The number of nitrogens with zero attached hydrogens (tertiary/aromatic N) is 2. The molecule has 0 spiro atoms. The highest BCUT2D eigenvalue weighted by atomic mass is 16.5. The first-order chi connectivity index (χ1) is 6.87. The first-order valence-electron chi connectivity index (χ1n) is 5.19. The molecule has 0 saturated carbocycles. The number of rotatable bonds is 1. The molecule has 0 aromatic rings. The summed E-state index contributed by atoms with van der Waals surface area (Å²) in [4.78, 5) is 2.21. The molecule has 0 N–H and O–H groups in total. The Morgan fingerprint density at radius 3 is 2.14 bits per heavy atom. The Morgan fingerprint density at radius 2 is 1.64 bits per heavy atom. The lowest BCUT2D eigenvalue weighted by molar-refractivity contribution is 0.0383. The molecule has 2 aliphatic heterocycles. The van der Waals surface area contributed by atoms with Gasteiger partial charge in [0, 0.05) is 0 Å². The molecule has 0 radical (unpaired) electrons. The molecule has 0 amide bonds. The van der Waals surface area contributed by atoms with Gasteiger partial charge in [-0.3, -0.25) is 4.90 Å². The highest BCUT2D eigenvalue weighted by molar-refractivity contribution is 5.10. The Balaban J connectivity index is 2.10. The Morgan fingerprint density at radius 1 is 1.07 bits per heavy atom. The molecule has 0 atom stereocenters. The fraction of sp³-hybridized carbons (Fsp3) is 0.900. The van der Waals surface area contributed by atoms with Crippen LogP contribution in [0.4, 0.5) is 0 Å². The van der Waals surface area contributed by atoms with Crippen LogP contribution in [0.25, 0.3) is 0 Å². The van der Waals surface area contributed by atoms with Gasteiger partial charge in [-0.05, 0) is 25.9 Å². The highest BCUT2D eigenvalue weighted by Gasteiger charge is 2.40. The van der Waals surface area contributed by atoms with E-state index in [1.165, 1.54) is 12.8 Å². The van der Waals surface area contributed by atoms with Crippen molar-refractivity contribution in [3.8, 4) is 6.07 Å². The monoisotopic (exact) mass is 196 g/mol. The van der Waals surface area contributed by atoms with E-state index < -0.39 is 5.54 Å². The fourth-order valence-electron chi connectivity index (χ4n) is 2.10. The summed E-state index contributed by atoms with van der Waals surface area (Å²) < 4.78 is 10.8. The highest BCUT2D eigenvalue weighted by Crippen LogP contribution is 2.23. The average molecular weight is 196 g/mol. The van der Waals surface area contributed by atoms with Crippen LogP contribution >= 0.6 is 0 Å². The summed E-state index contributed by atoms with van der Waals surface area (Å²) in [5.41, 5.74) is -0.521. The van der Waals surface area contributed by atoms with Gasteiger partial charge in [0.25, 0.3) is 0 Å². The Labute approximate surface area is 84.4 Å². The maximum absolute atomic E-state index is 9.28. The number of ether oxygens (including phenoxy) is 2. The largest absolute Gasteiger partial charge is 0.376 e. The van der Waals surface area contributed by atoms with Crippen molar-refractivity contribution in [3.05, 3.63) is 0 Å². The molecule has 78 valence electrons. The molecule has 2 aliphatic rings. The van der Waals surface area contributed by atoms with Gasteiger partial charge >= 0.3 is 0 Å². The second kappa shape index (κ2) is 4.26. The molecule has 2 saturated heterocycles. The molecule has 2 fully saturated rings. The quantitative estimate of drug-likeness (QED) is 0.608. The van der Waals surface area contributed by atoms with Crippen LogP contribution in [0.3, 0.4) is 0 Å². The number of hydrogen-bond donors (Lipinski definition) is 0. The predicted molar refractivity (Wildman–Crippen MR) is 50.8 cm³/mol. The van der Waals surface area contributed by atoms with Gasteiger partial charge in [-0.2, -0.15) is 5.26 Å². The molecule has 0 aromatic carbocycles. The summed E-state index contributed by atoms with van der Waals surface area (Å²) in [5, 5.41) is 9.28. The standard InChI is InChI=1S/C10H16N2O2/c11-7-10(12-3-1-2-4-12)8-13-5-6-14-9-10/h1-6,8-9H2. The smallest absolute Gasteiger partial charge is 0.156 e. The lowest BCUT2D eigenvalue weighted by Gasteiger charge is -2.33. The van der Waals surface area contributed by atoms with Gasteiger partial charge in [-0.15, -0.1) is 0 Å². The summed E-state index contributed by atoms with van der Waals surface area (Å²) in [6.07, 6.45) is 2.37. The molecule has 4 nitrogen and oxygen atoms in total. The minimum atomic E-state index is -0.521. The minimum Gasteiger partial charge on any atom is -0.376 e. The number of likely N-dealkylation sites (tertiary alicyclic amines) is 1. The van der Waals surface area contributed by atoms with E-state index in [1.54, 1.807) is 0 Å². The van der Waals surface area contributed by atoms with Gasteiger partial charge in [0.15, 0.2) is 5.54 Å². The molecule has 0 aliphatic carbocycles. The van der Waals surface area contributed by atoms with Crippen molar-refractivity contribution in [2.45, 2.75) is 18.4 Å². The van der Waals surface area contributed by atoms with Crippen molar-refractivity contribution >= 4 is 0 Å². The van der Waals surface area contributed by atoms with Crippen LogP contribution in [0.1, 0.15) is 12.8 Å². The molecule has 0 unspecified atom stereocenters. The van der Waals surface area contributed by atoms with Crippen LogP contribution in [-0.4, -0.2) is 50.0 Å². The van der Waals surface area contributed by atoms with Gasteiger partial charge in [0.1, 0.15) is 0 Å². The number of nitriles is 1. The van der Waals surface area contributed by atoms with E-state index >= 15 is 0 Å².